The normalized spacial score (nSPS) is 14.2. The molecule has 2 aromatic carbocycles. The van der Waals surface area contributed by atoms with Crippen LogP contribution in [-0.2, 0) is 4.79 Å². The summed E-state index contributed by atoms with van der Waals surface area (Å²) in [6.07, 6.45) is 0.514. The number of benzene rings is 2. The third kappa shape index (κ3) is 4.62. The quantitative estimate of drug-likeness (QED) is 0.750. The Balaban J connectivity index is 1.79. The number of anilines is 2. The Morgan fingerprint density at radius 3 is 2.48 bits per heavy atom. The fourth-order valence-electron chi connectivity index (χ4n) is 3.16. The number of hydrogen-bond acceptors (Lipinski definition) is 3. The zero-order chi connectivity index (χ0) is 19.4. The van der Waals surface area contributed by atoms with Crippen molar-refractivity contribution >= 4 is 50.7 Å². The molecule has 2 aromatic rings. The second-order valence-corrected chi connectivity index (χ2v) is 7.64. The van der Waals surface area contributed by atoms with Gasteiger partial charge in [-0.15, -0.1) is 0 Å². The van der Waals surface area contributed by atoms with Crippen LogP contribution in [0.1, 0.15) is 23.7 Å². The number of halogens is 2. The number of hydrogen-bond donors (Lipinski definition) is 1. The maximum absolute atomic E-state index is 12.6. The first-order valence-electron chi connectivity index (χ1n) is 8.87. The van der Waals surface area contributed by atoms with Crippen LogP contribution >= 0.6 is 27.5 Å². The minimum atomic E-state index is -0.195. The molecule has 1 heterocycles. The molecule has 0 unspecified atom stereocenters. The SMILES string of the molecule is CCC(=O)N1CCN(c2c(Cl)cccc2NC(=O)c2cccc(Br)c2)CC1. The lowest BCUT2D eigenvalue weighted by Crippen LogP contribution is -2.48. The zero-order valence-corrected chi connectivity index (χ0v) is 17.4. The summed E-state index contributed by atoms with van der Waals surface area (Å²) >= 11 is 9.85. The Kier molecular flexibility index (Phi) is 6.39. The molecule has 0 saturated carbocycles. The summed E-state index contributed by atoms with van der Waals surface area (Å²) in [4.78, 5) is 28.5. The van der Waals surface area contributed by atoms with Gasteiger partial charge in [0, 0.05) is 42.6 Å². The Morgan fingerprint density at radius 2 is 1.81 bits per heavy atom. The molecule has 0 spiro atoms. The van der Waals surface area contributed by atoms with Gasteiger partial charge in [-0.05, 0) is 30.3 Å². The molecular weight excluding hydrogens is 430 g/mol. The average Bonchev–Trinajstić information content (AvgIpc) is 2.68. The molecule has 1 saturated heterocycles. The van der Waals surface area contributed by atoms with Crippen LogP contribution in [0.2, 0.25) is 5.02 Å². The number of carbonyl (C=O) groups excluding carboxylic acids is 2. The van der Waals surface area contributed by atoms with Gasteiger partial charge in [0.1, 0.15) is 0 Å². The number of rotatable bonds is 4. The molecule has 0 atom stereocenters. The number of nitrogens with zero attached hydrogens (tertiary/aromatic N) is 2. The molecule has 1 fully saturated rings. The van der Waals surface area contributed by atoms with Crippen molar-refractivity contribution in [3.05, 3.63) is 57.5 Å². The van der Waals surface area contributed by atoms with Crippen molar-refractivity contribution in [3.63, 3.8) is 0 Å². The molecule has 7 heteroatoms. The molecule has 5 nitrogen and oxygen atoms in total. The Labute approximate surface area is 172 Å². The number of para-hydroxylation sites is 1. The van der Waals surface area contributed by atoms with E-state index in [0.29, 0.717) is 48.9 Å². The minimum Gasteiger partial charge on any atom is -0.365 e. The van der Waals surface area contributed by atoms with Crippen LogP contribution in [0.15, 0.2) is 46.9 Å². The fourth-order valence-corrected chi connectivity index (χ4v) is 3.86. The highest BCUT2D eigenvalue weighted by Gasteiger charge is 2.24. The summed E-state index contributed by atoms with van der Waals surface area (Å²) < 4.78 is 0.846. The second-order valence-electron chi connectivity index (χ2n) is 6.32. The van der Waals surface area contributed by atoms with E-state index in [9.17, 15) is 9.59 Å². The van der Waals surface area contributed by atoms with Gasteiger partial charge in [-0.1, -0.05) is 46.6 Å². The molecule has 27 heavy (non-hydrogen) atoms. The van der Waals surface area contributed by atoms with Gasteiger partial charge in [0.15, 0.2) is 0 Å². The molecule has 3 rings (SSSR count). The standard InChI is InChI=1S/C20H21BrClN3O2/c1-2-18(26)24-9-11-25(12-10-24)19-16(22)7-4-8-17(19)23-20(27)14-5-3-6-15(21)13-14/h3-8,13H,2,9-12H2,1H3,(H,23,27). The summed E-state index contributed by atoms with van der Waals surface area (Å²) in [6, 6.07) is 12.7. The predicted molar refractivity (Wildman–Crippen MR) is 113 cm³/mol. The summed E-state index contributed by atoms with van der Waals surface area (Å²) in [5.74, 6) is -0.0309. The van der Waals surface area contributed by atoms with E-state index in [1.165, 1.54) is 0 Å². The van der Waals surface area contributed by atoms with Crippen molar-refractivity contribution in [2.75, 3.05) is 36.4 Å². The van der Waals surface area contributed by atoms with E-state index in [4.69, 9.17) is 11.6 Å². The van der Waals surface area contributed by atoms with E-state index in [1.807, 2.05) is 42.2 Å². The topological polar surface area (TPSA) is 52.7 Å². The van der Waals surface area contributed by atoms with Crippen LogP contribution in [0, 0.1) is 0 Å². The Bertz CT molecular complexity index is 851. The van der Waals surface area contributed by atoms with Gasteiger partial charge in [-0.2, -0.15) is 0 Å². The van der Waals surface area contributed by atoms with Gasteiger partial charge < -0.3 is 15.1 Å². The number of nitrogens with one attached hydrogen (secondary N) is 1. The number of carbonyl (C=O) groups is 2. The molecule has 0 aliphatic carbocycles. The smallest absolute Gasteiger partial charge is 0.255 e. The van der Waals surface area contributed by atoms with E-state index in [0.717, 1.165) is 10.2 Å². The predicted octanol–water partition coefficient (Wildman–Crippen LogP) is 4.41. The van der Waals surface area contributed by atoms with Gasteiger partial charge in [0.25, 0.3) is 5.91 Å². The molecule has 0 radical (unpaired) electrons. The lowest BCUT2D eigenvalue weighted by molar-refractivity contribution is -0.131. The Morgan fingerprint density at radius 1 is 1.11 bits per heavy atom. The lowest BCUT2D eigenvalue weighted by atomic mass is 10.1. The van der Waals surface area contributed by atoms with Crippen molar-refractivity contribution < 1.29 is 9.59 Å². The molecule has 0 bridgehead atoms. The maximum Gasteiger partial charge on any atom is 0.255 e. The third-order valence-corrected chi connectivity index (χ3v) is 5.37. The first-order valence-corrected chi connectivity index (χ1v) is 10.0. The van der Waals surface area contributed by atoms with Crippen LogP contribution in [0.25, 0.3) is 0 Å². The number of piperazine rings is 1. The van der Waals surface area contributed by atoms with E-state index < -0.39 is 0 Å². The summed E-state index contributed by atoms with van der Waals surface area (Å²) in [5.41, 5.74) is 2.03. The van der Waals surface area contributed by atoms with Crippen LogP contribution < -0.4 is 10.2 Å². The van der Waals surface area contributed by atoms with Gasteiger partial charge in [-0.3, -0.25) is 9.59 Å². The van der Waals surface area contributed by atoms with Gasteiger partial charge >= 0.3 is 0 Å². The summed E-state index contributed by atoms with van der Waals surface area (Å²) in [6.45, 7) is 4.52. The third-order valence-electron chi connectivity index (χ3n) is 4.57. The molecule has 142 valence electrons. The van der Waals surface area contributed by atoms with Gasteiger partial charge in [-0.25, -0.2) is 0 Å². The van der Waals surface area contributed by atoms with Gasteiger partial charge in [0.05, 0.1) is 16.4 Å². The average molecular weight is 451 g/mol. The van der Waals surface area contributed by atoms with Crippen molar-refractivity contribution in [3.8, 4) is 0 Å². The highest BCUT2D eigenvalue weighted by Crippen LogP contribution is 2.35. The number of amides is 2. The molecule has 0 aromatic heterocycles. The maximum atomic E-state index is 12.6. The second kappa shape index (κ2) is 8.76. The first-order chi connectivity index (χ1) is 13.0. The largest absolute Gasteiger partial charge is 0.365 e. The van der Waals surface area contributed by atoms with Crippen molar-refractivity contribution in [1.82, 2.24) is 4.90 Å². The molecule has 1 N–H and O–H groups in total. The van der Waals surface area contributed by atoms with Crippen molar-refractivity contribution in [2.45, 2.75) is 13.3 Å². The Hall–Kier alpha value is -2.05. The fraction of sp³-hybridized carbons (Fsp3) is 0.300. The molecule has 1 aliphatic heterocycles. The van der Waals surface area contributed by atoms with E-state index in [2.05, 4.69) is 26.1 Å². The lowest BCUT2D eigenvalue weighted by Gasteiger charge is -2.37. The van der Waals surface area contributed by atoms with Crippen molar-refractivity contribution in [1.29, 1.82) is 0 Å². The minimum absolute atomic E-state index is 0.164. The van der Waals surface area contributed by atoms with Crippen molar-refractivity contribution in [2.24, 2.45) is 0 Å². The molecular formula is C20H21BrClN3O2. The van der Waals surface area contributed by atoms with E-state index >= 15 is 0 Å². The zero-order valence-electron chi connectivity index (χ0n) is 15.0. The monoisotopic (exact) mass is 449 g/mol. The van der Waals surface area contributed by atoms with Gasteiger partial charge in [0.2, 0.25) is 5.91 Å². The van der Waals surface area contributed by atoms with Crippen LogP contribution in [0.3, 0.4) is 0 Å². The van der Waals surface area contributed by atoms with E-state index in [1.54, 1.807) is 12.1 Å². The molecule has 2 amide bonds. The van der Waals surface area contributed by atoms with Crippen LogP contribution in [0.5, 0.6) is 0 Å². The summed E-state index contributed by atoms with van der Waals surface area (Å²) in [5, 5.41) is 3.55. The molecule has 1 aliphatic rings. The van der Waals surface area contributed by atoms with Crippen LogP contribution in [0.4, 0.5) is 11.4 Å². The van der Waals surface area contributed by atoms with Crippen LogP contribution in [-0.4, -0.2) is 42.9 Å². The van der Waals surface area contributed by atoms with E-state index in [-0.39, 0.29) is 11.8 Å². The highest BCUT2D eigenvalue weighted by molar-refractivity contribution is 9.10. The highest BCUT2D eigenvalue weighted by atomic mass is 79.9. The first kappa shape index (κ1) is 19.7. The summed E-state index contributed by atoms with van der Waals surface area (Å²) in [7, 11) is 0.